The molecule has 0 fully saturated rings. The number of hydrogen-bond acceptors (Lipinski definition) is 2. The lowest BCUT2D eigenvalue weighted by Crippen LogP contribution is -1.88. The average Bonchev–Trinajstić information content (AvgIpc) is 2.91. The number of benzene rings is 2. The van der Waals surface area contributed by atoms with Gasteiger partial charge in [0.1, 0.15) is 0 Å². The molecule has 1 heterocycles. The lowest BCUT2D eigenvalue weighted by Gasteiger charge is -2.00. The monoisotopic (exact) mass is 319 g/mol. The Bertz CT molecular complexity index is 719. The lowest BCUT2D eigenvalue weighted by atomic mass is 10.1. The Morgan fingerprint density at radius 2 is 1.70 bits per heavy atom. The van der Waals surface area contributed by atoms with Crippen molar-refractivity contribution < 1.29 is 0 Å². The minimum Gasteiger partial charge on any atom is -0.241 e. The highest BCUT2D eigenvalue weighted by atomic mass is 35.5. The molecule has 100 valence electrons. The summed E-state index contributed by atoms with van der Waals surface area (Å²) in [7, 11) is 0. The van der Waals surface area contributed by atoms with Gasteiger partial charge in [-0.2, -0.15) is 0 Å². The molecule has 0 radical (unpaired) electrons. The van der Waals surface area contributed by atoms with Gasteiger partial charge in [-0.3, -0.25) is 0 Å². The number of nitrogens with zero attached hydrogens (tertiary/aromatic N) is 1. The Morgan fingerprint density at radius 1 is 0.950 bits per heavy atom. The molecule has 1 aromatic heterocycles. The van der Waals surface area contributed by atoms with E-state index in [4.69, 9.17) is 23.2 Å². The quantitative estimate of drug-likeness (QED) is 0.602. The maximum atomic E-state index is 6.18. The van der Waals surface area contributed by atoms with E-state index in [1.807, 2.05) is 48.5 Å². The Labute approximate surface area is 131 Å². The molecule has 0 amide bonds. The molecule has 0 atom stereocenters. The predicted octanol–water partition coefficient (Wildman–Crippen LogP) is 5.71. The van der Waals surface area contributed by atoms with Crippen molar-refractivity contribution in [3.05, 3.63) is 74.5 Å². The van der Waals surface area contributed by atoms with E-state index in [0.29, 0.717) is 0 Å². The highest BCUT2D eigenvalue weighted by molar-refractivity contribution is 7.10. The molecule has 0 bridgehead atoms. The van der Waals surface area contributed by atoms with Crippen molar-refractivity contribution in [2.75, 3.05) is 0 Å². The van der Waals surface area contributed by atoms with Crippen molar-refractivity contribution in [1.29, 1.82) is 0 Å². The fourth-order valence-electron chi connectivity index (χ4n) is 1.95. The third kappa shape index (κ3) is 3.04. The minimum atomic E-state index is 0.736. The van der Waals surface area contributed by atoms with Crippen molar-refractivity contribution in [3.8, 4) is 11.3 Å². The number of halogens is 2. The summed E-state index contributed by atoms with van der Waals surface area (Å²) in [4.78, 5) is 4.66. The molecule has 0 aliphatic rings. The summed E-state index contributed by atoms with van der Waals surface area (Å²) in [5, 5.41) is 4.65. The van der Waals surface area contributed by atoms with Gasteiger partial charge in [-0.15, -0.1) is 11.3 Å². The summed E-state index contributed by atoms with van der Waals surface area (Å²) < 4.78 is 0. The third-order valence-electron chi connectivity index (χ3n) is 2.99. The first-order valence-corrected chi connectivity index (χ1v) is 7.80. The molecule has 3 rings (SSSR count). The van der Waals surface area contributed by atoms with E-state index in [2.05, 4.69) is 10.4 Å². The van der Waals surface area contributed by atoms with Gasteiger partial charge >= 0.3 is 0 Å². The first-order chi connectivity index (χ1) is 9.72. The van der Waals surface area contributed by atoms with Crippen LogP contribution in [0.25, 0.3) is 11.3 Å². The van der Waals surface area contributed by atoms with Gasteiger partial charge in [0, 0.05) is 27.4 Å². The Morgan fingerprint density at radius 3 is 2.45 bits per heavy atom. The molecule has 0 aliphatic heterocycles. The first-order valence-electron chi connectivity index (χ1n) is 6.16. The van der Waals surface area contributed by atoms with Crippen LogP contribution in [0, 0.1) is 0 Å². The summed E-state index contributed by atoms with van der Waals surface area (Å²) in [5.74, 6) is 0. The van der Waals surface area contributed by atoms with Crippen LogP contribution in [-0.4, -0.2) is 4.98 Å². The average molecular weight is 320 g/mol. The van der Waals surface area contributed by atoms with Crippen LogP contribution in [0.5, 0.6) is 0 Å². The van der Waals surface area contributed by atoms with Gasteiger partial charge in [0.05, 0.1) is 10.7 Å². The molecule has 2 aromatic carbocycles. The van der Waals surface area contributed by atoms with Crippen molar-refractivity contribution in [2.45, 2.75) is 6.42 Å². The largest absolute Gasteiger partial charge is 0.241 e. The molecule has 1 nitrogen and oxygen atoms in total. The van der Waals surface area contributed by atoms with Crippen LogP contribution >= 0.6 is 34.5 Å². The maximum absolute atomic E-state index is 6.18. The van der Waals surface area contributed by atoms with Crippen molar-refractivity contribution in [3.63, 3.8) is 0 Å². The lowest BCUT2D eigenvalue weighted by molar-refractivity contribution is 1.14. The molecule has 0 saturated carbocycles. The molecule has 20 heavy (non-hydrogen) atoms. The molecular formula is C16H11Cl2NS. The molecule has 0 N–H and O–H groups in total. The maximum Gasteiger partial charge on any atom is 0.0977 e. The summed E-state index contributed by atoms with van der Waals surface area (Å²) in [6, 6.07) is 15.6. The zero-order valence-corrected chi connectivity index (χ0v) is 12.8. The van der Waals surface area contributed by atoms with Crippen molar-refractivity contribution in [2.24, 2.45) is 0 Å². The van der Waals surface area contributed by atoms with Gasteiger partial charge in [0.25, 0.3) is 0 Å². The van der Waals surface area contributed by atoms with E-state index in [0.717, 1.165) is 38.3 Å². The van der Waals surface area contributed by atoms with Gasteiger partial charge in [-0.25, -0.2) is 4.98 Å². The molecule has 0 spiro atoms. The molecule has 0 aliphatic carbocycles. The van der Waals surface area contributed by atoms with E-state index in [1.54, 1.807) is 11.3 Å². The molecule has 0 saturated heterocycles. The molecule has 4 heteroatoms. The zero-order chi connectivity index (χ0) is 13.9. The van der Waals surface area contributed by atoms with E-state index in [-0.39, 0.29) is 0 Å². The molecule has 3 aromatic rings. The first kappa shape index (κ1) is 13.6. The summed E-state index contributed by atoms with van der Waals surface area (Å²) >= 11 is 13.7. The normalized spacial score (nSPS) is 10.7. The zero-order valence-electron chi connectivity index (χ0n) is 10.5. The van der Waals surface area contributed by atoms with E-state index >= 15 is 0 Å². The van der Waals surface area contributed by atoms with Crippen LogP contribution in [-0.2, 0) is 6.42 Å². The van der Waals surface area contributed by atoms with Crippen LogP contribution in [0.1, 0.15) is 10.6 Å². The number of hydrogen-bond donors (Lipinski definition) is 0. The molecular weight excluding hydrogens is 309 g/mol. The summed E-state index contributed by atoms with van der Waals surface area (Å²) in [6.07, 6.45) is 0.762. The smallest absolute Gasteiger partial charge is 0.0977 e. The second-order valence-electron chi connectivity index (χ2n) is 4.40. The highest BCUT2D eigenvalue weighted by Crippen LogP contribution is 2.26. The third-order valence-corrected chi connectivity index (χ3v) is 4.46. The summed E-state index contributed by atoms with van der Waals surface area (Å²) in [6.45, 7) is 0. The number of thiazole rings is 1. The number of rotatable bonds is 3. The van der Waals surface area contributed by atoms with Gasteiger partial charge in [0.15, 0.2) is 0 Å². The fraction of sp³-hybridized carbons (Fsp3) is 0.0625. The van der Waals surface area contributed by atoms with E-state index in [1.165, 1.54) is 0 Å². The second kappa shape index (κ2) is 5.96. The number of aromatic nitrogens is 1. The Kier molecular flexibility index (Phi) is 4.06. The van der Waals surface area contributed by atoms with Crippen molar-refractivity contribution >= 4 is 34.5 Å². The Balaban J connectivity index is 1.84. The fourth-order valence-corrected chi connectivity index (χ4v) is 3.10. The van der Waals surface area contributed by atoms with Crippen LogP contribution in [0.3, 0.4) is 0 Å². The van der Waals surface area contributed by atoms with Crippen LogP contribution in [0.4, 0.5) is 0 Å². The van der Waals surface area contributed by atoms with E-state index < -0.39 is 0 Å². The van der Waals surface area contributed by atoms with Crippen LogP contribution < -0.4 is 0 Å². The van der Waals surface area contributed by atoms with Gasteiger partial charge < -0.3 is 0 Å². The van der Waals surface area contributed by atoms with Gasteiger partial charge in [0.2, 0.25) is 0 Å². The van der Waals surface area contributed by atoms with Crippen molar-refractivity contribution in [1.82, 2.24) is 4.98 Å². The molecule has 0 unspecified atom stereocenters. The van der Waals surface area contributed by atoms with E-state index in [9.17, 15) is 0 Å². The van der Waals surface area contributed by atoms with Gasteiger partial charge in [-0.05, 0) is 23.8 Å². The van der Waals surface area contributed by atoms with Crippen LogP contribution in [0.15, 0.2) is 53.9 Å². The summed E-state index contributed by atoms with van der Waals surface area (Å²) in [5.41, 5.74) is 3.16. The topological polar surface area (TPSA) is 12.9 Å². The SMILES string of the molecule is Clc1ccc(-c2csc(Cc3ccccc3Cl)n2)cc1. The van der Waals surface area contributed by atoms with Crippen LogP contribution in [0.2, 0.25) is 10.0 Å². The standard InChI is InChI=1S/C16H11Cl2NS/c17-13-7-5-11(6-8-13)15-10-20-16(19-15)9-12-3-1-2-4-14(12)18/h1-8,10H,9H2. The predicted molar refractivity (Wildman–Crippen MR) is 86.8 cm³/mol. The van der Waals surface area contributed by atoms with Gasteiger partial charge in [-0.1, -0.05) is 53.5 Å². The highest BCUT2D eigenvalue weighted by Gasteiger charge is 2.07. The second-order valence-corrected chi connectivity index (χ2v) is 6.19. The minimum absolute atomic E-state index is 0.736. The Hall–Kier alpha value is -1.35.